The van der Waals surface area contributed by atoms with Crippen LogP contribution in [0.15, 0.2) is 30.3 Å². The molecule has 0 aliphatic heterocycles. The van der Waals surface area contributed by atoms with Crippen LogP contribution in [-0.2, 0) is 11.8 Å². The molecule has 1 aliphatic rings. The highest BCUT2D eigenvalue weighted by Gasteiger charge is 2.18. The second-order valence-corrected chi connectivity index (χ2v) is 6.09. The predicted molar refractivity (Wildman–Crippen MR) is 84.3 cm³/mol. The molecular formula is C16H20BrN3. The van der Waals surface area contributed by atoms with E-state index >= 15 is 0 Å². The zero-order valence-corrected chi connectivity index (χ0v) is 13.2. The van der Waals surface area contributed by atoms with Crippen LogP contribution in [0, 0.1) is 5.92 Å². The van der Waals surface area contributed by atoms with E-state index in [4.69, 9.17) is 0 Å². The van der Waals surface area contributed by atoms with Gasteiger partial charge in [0.05, 0.1) is 5.33 Å². The molecule has 3 nitrogen and oxygen atoms in total. The number of aromatic nitrogens is 3. The van der Waals surface area contributed by atoms with Crippen molar-refractivity contribution in [1.29, 1.82) is 0 Å². The average Bonchev–Trinajstić information content (AvgIpc) is 3.15. The minimum Gasteiger partial charge on any atom is -0.282 e. The SMILES string of the molecule is BrCc1nnc(CCC2CCCC2)n1-c1ccccc1. The first kappa shape index (κ1) is 13.8. The van der Waals surface area contributed by atoms with Crippen molar-refractivity contribution in [1.82, 2.24) is 14.8 Å². The van der Waals surface area contributed by atoms with Gasteiger partial charge in [-0.2, -0.15) is 0 Å². The molecule has 3 rings (SSSR count). The number of halogens is 1. The van der Waals surface area contributed by atoms with E-state index in [1.54, 1.807) is 0 Å². The third kappa shape index (κ3) is 2.95. The van der Waals surface area contributed by atoms with Gasteiger partial charge in [-0.05, 0) is 24.5 Å². The van der Waals surface area contributed by atoms with Crippen LogP contribution in [0.25, 0.3) is 5.69 Å². The standard InChI is InChI=1S/C16H20BrN3/c17-12-16-19-18-15(11-10-13-6-4-5-7-13)20(16)14-8-2-1-3-9-14/h1-3,8-9,13H,4-7,10-12H2. The van der Waals surface area contributed by atoms with E-state index in [0.29, 0.717) is 0 Å². The maximum Gasteiger partial charge on any atom is 0.148 e. The van der Waals surface area contributed by atoms with Gasteiger partial charge in [-0.25, -0.2) is 0 Å². The minimum absolute atomic E-state index is 0.734. The van der Waals surface area contributed by atoms with E-state index in [-0.39, 0.29) is 0 Å². The maximum atomic E-state index is 4.41. The van der Waals surface area contributed by atoms with Crippen molar-refractivity contribution in [2.45, 2.75) is 43.9 Å². The molecule has 2 aromatic rings. The summed E-state index contributed by atoms with van der Waals surface area (Å²) in [6, 6.07) is 10.4. The zero-order valence-electron chi connectivity index (χ0n) is 11.6. The van der Waals surface area contributed by atoms with Gasteiger partial charge >= 0.3 is 0 Å². The van der Waals surface area contributed by atoms with E-state index in [1.165, 1.54) is 32.1 Å². The van der Waals surface area contributed by atoms with Crippen LogP contribution < -0.4 is 0 Å². The lowest BCUT2D eigenvalue weighted by atomic mass is 10.0. The molecule has 20 heavy (non-hydrogen) atoms. The third-order valence-corrected chi connectivity index (χ3v) is 4.68. The molecule has 0 N–H and O–H groups in total. The highest BCUT2D eigenvalue weighted by molar-refractivity contribution is 9.08. The molecule has 1 heterocycles. The first-order chi connectivity index (χ1) is 9.88. The van der Waals surface area contributed by atoms with Crippen LogP contribution in [-0.4, -0.2) is 14.8 Å². The molecule has 1 saturated carbocycles. The smallest absolute Gasteiger partial charge is 0.148 e. The predicted octanol–water partition coefficient (Wildman–Crippen LogP) is 4.29. The summed E-state index contributed by atoms with van der Waals surface area (Å²) in [6.45, 7) is 0. The van der Waals surface area contributed by atoms with Gasteiger partial charge in [0.15, 0.2) is 0 Å². The van der Waals surface area contributed by atoms with Gasteiger partial charge in [0.1, 0.15) is 11.6 Å². The van der Waals surface area contributed by atoms with E-state index < -0.39 is 0 Å². The molecule has 0 amide bonds. The fourth-order valence-corrected chi connectivity index (χ4v) is 3.47. The Morgan fingerprint density at radius 1 is 1.05 bits per heavy atom. The van der Waals surface area contributed by atoms with Crippen molar-refractivity contribution in [3.05, 3.63) is 42.0 Å². The Balaban J connectivity index is 1.81. The van der Waals surface area contributed by atoms with Crippen LogP contribution in [0.5, 0.6) is 0 Å². The molecule has 0 saturated heterocycles. The minimum atomic E-state index is 0.734. The lowest BCUT2D eigenvalue weighted by Crippen LogP contribution is -2.06. The van der Waals surface area contributed by atoms with Crippen molar-refractivity contribution < 1.29 is 0 Å². The van der Waals surface area contributed by atoms with E-state index in [1.807, 2.05) is 6.07 Å². The highest BCUT2D eigenvalue weighted by Crippen LogP contribution is 2.29. The van der Waals surface area contributed by atoms with Gasteiger partial charge in [0, 0.05) is 12.1 Å². The molecule has 1 aliphatic carbocycles. The second kappa shape index (κ2) is 6.53. The number of alkyl halides is 1. The number of nitrogens with zero attached hydrogens (tertiary/aromatic N) is 3. The Bertz CT molecular complexity index is 544. The molecular weight excluding hydrogens is 314 g/mol. The Hall–Kier alpha value is -1.16. The number of benzene rings is 1. The molecule has 0 radical (unpaired) electrons. The lowest BCUT2D eigenvalue weighted by molar-refractivity contribution is 0.494. The fourth-order valence-electron chi connectivity index (χ4n) is 3.11. The van der Waals surface area contributed by atoms with Crippen LogP contribution >= 0.6 is 15.9 Å². The van der Waals surface area contributed by atoms with E-state index in [2.05, 4.69) is 55.0 Å². The van der Waals surface area contributed by atoms with Crippen molar-refractivity contribution in [2.75, 3.05) is 0 Å². The van der Waals surface area contributed by atoms with Crippen LogP contribution in [0.1, 0.15) is 43.8 Å². The molecule has 0 bridgehead atoms. The summed E-state index contributed by atoms with van der Waals surface area (Å²) in [4.78, 5) is 0. The Morgan fingerprint density at radius 3 is 2.45 bits per heavy atom. The largest absolute Gasteiger partial charge is 0.282 e. The normalized spacial score (nSPS) is 15.8. The monoisotopic (exact) mass is 333 g/mol. The van der Waals surface area contributed by atoms with Crippen molar-refractivity contribution in [3.8, 4) is 5.69 Å². The van der Waals surface area contributed by atoms with Gasteiger partial charge in [-0.15, -0.1) is 10.2 Å². The van der Waals surface area contributed by atoms with Crippen LogP contribution in [0.4, 0.5) is 0 Å². The Labute approximate surface area is 128 Å². The Kier molecular flexibility index (Phi) is 4.51. The molecule has 0 unspecified atom stereocenters. The average molecular weight is 334 g/mol. The number of hydrogen-bond acceptors (Lipinski definition) is 2. The summed E-state index contributed by atoms with van der Waals surface area (Å²) in [6.07, 6.45) is 7.87. The van der Waals surface area contributed by atoms with E-state index in [9.17, 15) is 0 Å². The molecule has 4 heteroatoms. The molecule has 1 aromatic carbocycles. The van der Waals surface area contributed by atoms with Crippen molar-refractivity contribution >= 4 is 15.9 Å². The summed E-state index contributed by atoms with van der Waals surface area (Å²) in [5.41, 5.74) is 1.16. The van der Waals surface area contributed by atoms with Crippen LogP contribution in [0.3, 0.4) is 0 Å². The Morgan fingerprint density at radius 2 is 1.75 bits per heavy atom. The topological polar surface area (TPSA) is 30.7 Å². The summed E-state index contributed by atoms with van der Waals surface area (Å²) in [5, 5.41) is 9.46. The number of rotatable bonds is 5. The van der Waals surface area contributed by atoms with Gasteiger partial charge in [0.2, 0.25) is 0 Å². The highest BCUT2D eigenvalue weighted by atomic mass is 79.9. The summed E-state index contributed by atoms with van der Waals surface area (Å²) < 4.78 is 2.20. The number of aryl methyl sites for hydroxylation is 1. The summed E-state index contributed by atoms with van der Waals surface area (Å²) in [5.74, 6) is 2.97. The molecule has 1 aromatic heterocycles. The molecule has 0 spiro atoms. The summed E-state index contributed by atoms with van der Waals surface area (Å²) in [7, 11) is 0. The number of para-hydroxylation sites is 1. The van der Waals surface area contributed by atoms with E-state index in [0.717, 1.165) is 35.0 Å². The van der Waals surface area contributed by atoms with Crippen LogP contribution in [0.2, 0.25) is 0 Å². The second-order valence-electron chi connectivity index (χ2n) is 5.53. The lowest BCUT2D eigenvalue weighted by Gasteiger charge is -2.11. The third-order valence-electron chi connectivity index (χ3n) is 4.18. The van der Waals surface area contributed by atoms with Crippen molar-refractivity contribution in [3.63, 3.8) is 0 Å². The summed E-state index contributed by atoms with van der Waals surface area (Å²) >= 11 is 3.51. The zero-order chi connectivity index (χ0) is 13.8. The first-order valence-electron chi connectivity index (χ1n) is 7.43. The first-order valence-corrected chi connectivity index (χ1v) is 8.55. The quantitative estimate of drug-likeness (QED) is 0.764. The van der Waals surface area contributed by atoms with Crippen molar-refractivity contribution in [2.24, 2.45) is 5.92 Å². The number of hydrogen-bond donors (Lipinski definition) is 0. The van der Waals surface area contributed by atoms with Gasteiger partial charge in [0.25, 0.3) is 0 Å². The van der Waals surface area contributed by atoms with Gasteiger partial charge in [-0.3, -0.25) is 4.57 Å². The maximum absolute atomic E-state index is 4.41. The van der Waals surface area contributed by atoms with Gasteiger partial charge in [-0.1, -0.05) is 59.8 Å². The molecule has 1 fully saturated rings. The molecule has 0 atom stereocenters. The van der Waals surface area contributed by atoms with Gasteiger partial charge < -0.3 is 0 Å². The molecule has 106 valence electrons. The fraction of sp³-hybridized carbons (Fsp3) is 0.500.